The number of aryl methyl sites for hydroxylation is 1. The minimum absolute atomic E-state index is 0.0485. The van der Waals surface area contributed by atoms with Gasteiger partial charge in [-0.1, -0.05) is 0 Å². The third-order valence-electron chi connectivity index (χ3n) is 3.39. The summed E-state index contributed by atoms with van der Waals surface area (Å²) < 4.78 is 2.65. The Kier molecular flexibility index (Phi) is 4.01. The molecule has 0 fully saturated rings. The molecule has 0 aliphatic heterocycles. The number of aliphatic hydroxyl groups excluding tert-OH is 1. The van der Waals surface area contributed by atoms with E-state index in [-0.39, 0.29) is 35.4 Å². The van der Waals surface area contributed by atoms with Crippen LogP contribution in [0, 0.1) is 0 Å². The van der Waals surface area contributed by atoms with Crippen LogP contribution in [0.1, 0.15) is 9.80 Å². The van der Waals surface area contributed by atoms with Crippen molar-refractivity contribution in [2.24, 2.45) is 12.9 Å². The molecular weight excluding hydrogens is 336 g/mol. The van der Waals surface area contributed by atoms with E-state index in [0.717, 1.165) is 11.3 Å². The predicted molar refractivity (Wildman–Crippen MR) is 87.0 cm³/mol. The van der Waals surface area contributed by atoms with E-state index in [4.69, 9.17) is 16.7 Å². The second kappa shape index (κ2) is 5.99. The van der Waals surface area contributed by atoms with E-state index in [9.17, 15) is 9.59 Å². The van der Waals surface area contributed by atoms with Gasteiger partial charge < -0.3 is 10.8 Å². The zero-order chi connectivity index (χ0) is 17.4. The summed E-state index contributed by atoms with van der Waals surface area (Å²) in [4.78, 5) is 36.3. The van der Waals surface area contributed by atoms with Crippen LogP contribution < -0.4 is 22.7 Å². The van der Waals surface area contributed by atoms with Crippen molar-refractivity contribution in [3.8, 4) is 11.4 Å². The summed E-state index contributed by atoms with van der Waals surface area (Å²) >= 11 is 1.08. The standard InChI is InChI=1S/C12H14N8O3S/c1-19-7-6(5-4-24-10(15-5)9(22)18-14)16-11(13)17-8(7)20(2-3-21)12(19)23/h4,21H,2-3,14H2,1H3,(H,18,22)(H2,13,16,17). The highest BCUT2D eigenvalue weighted by molar-refractivity contribution is 7.12. The fourth-order valence-corrected chi connectivity index (χ4v) is 3.06. The lowest BCUT2D eigenvalue weighted by Crippen LogP contribution is -2.29. The highest BCUT2D eigenvalue weighted by Crippen LogP contribution is 2.27. The molecule has 0 aromatic carbocycles. The summed E-state index contributed by atoms with van der Waals surface area (Å²) in [5.74, 6) is 4.52. The average Bonchev–Trinajstić information content (AvgIpc) is 3.14. The van der Waals surface area contributed by atoms with E-state index in [1.54, 1.807) is 12.4 Å². The number of nitrogens with two attached hydrogens (primary N) is 2. The highest BCUT2D eigenvalue weighted by atomic mass is 32.1. The van der Waals surface area contributed by atoms with Crippen LogP contribution in [0.3, 0.4) is 0 Å². The number of imidazole rings is 1. The molecule has 126 valence electrons. The Morgan fingerprint density at radius 2 is 2.17 bits per heavy atom. The van der Waals surface area contributed by atoms with E-state index < -0.39 is 5.91 Å². The van der Waals surface area contributed by atoms with E-state index in [0.29, 0.717) is 16.9 Å². The van der Waals surface area contributed by atoms with Gasteiger partial charge in [0.05, 0.1) is 13.2 Å². The molecule has 0 saturated heterocycles. The van der Waals surface area contributed by atoms with Gasteiger partial charge in [-0.15, -0.1) is 11.3 Å². The molecule has 3 aromatic heterocycles. The van der Waals surface area contributed by atoms with Crippen LogP contribution >= 0.6 is 11.3 Å². The number of carbonyl (C=O) groups excluding carboxylic acids is 1. The molecule has 6 N–H and O–H groups in total. The Hall–Kier alpha value is -2.83. The first-order valence-electron chi connectivity index (χ1n) is 6.78. The number of aliphatic hydroxyl groups is 1. The van der Waals surface area contributed by atoms with Crippen LogP contribution in [0.25, 0.3) is 22.6 Å². The molecule has 0 bridgehead atoms. The van der Waals surface area contributed by atoms with E-state index in [1.807, 2.05) is 5.43 Å². The van der Waals surface area contributed by atoms with Crippen LogP contribution in [0.2, 0.25) is 0 Å². The summed E-state index contributed by atoms with van der Waals surface area (Å²) in [5.41, 5.74) is 8.77. The van der Waals surface area contributed by atoms with Gasteiger partial charge in [-0.3, -0.25) is 19.4 Å². The monoisotopic (exact) mass is 350 g/mol. The topological polar surface area (TPSA) is 167 Å². The van der Waals surface area contributed by atoms with Gasteiger partial charge in [0.2, 0.25) is 5.95 Å². The Bertz CT molecular complexity index is 988. The predicted octanol–water partition coefficient (Wildman–Crippen LogP) is -1.57. The number of aromatic nitrogens is 5. The maximum absolute atomic E-state index is 12.3. The molecule has 12 heteroatoms. The maximum Gasteiger partial charge on any atom is 0.330 e. The van der Waals surface area contributed by atoms with Crippen LogP contribution in [-0.4, -0.2) is 41.7 Å². The molecular formula is C12H14N8O3S. The number of nitrogens with zero attached hydrogens (tertiary/aromatic N) is 5. The molecule has 0 spiro atoms. The summed E-state index contributed by atoms with van der Waals surface area (Å²) in [6.07, 6.45) is 0. The van der Waals surface area contributed by atoms with Gasteiger partial charge in [0.1, 0.15) is 16.9 Å². The van der Waals surface area contributed by atoms with Gasteiger partial charge in [-0.05, 0) is 0 Å². The Balaban J connectivity index is 2.29. The first kappa shape index (κ1) is 16.0. The quantitative estimate of drug-likeness (QED) is 0.249. The lowest BCUT2D eigenvalue weighted by atomic mass is 10.3. The largest absolute Gasteiger partial charge is 0.395 e. The Morgan fingerprint density at radius 3 is 2.83 bits per heavy atom. The SMILES string of the molecule is Cn1c(=O)n(CCO)c2nc(N)nc(-c3csc(C(=O)NN)n3)c21. The highest BCUT2D eigenvalue weighted by Gasteiger charge is 2.21. The number of carbonyl (C=O) groups is 1. The molecule has 3 aromatic rings. The smallest absolute Gasteiger partial charge is 0.330 e. The van der Waals surface area contributed by atoms with Crippen molar-refractivity contribution < 1.29 is 9.90 Å². The lowest BCUT2D eigenvalue weighted by Gasteiger charge is -2.03. The molecule has 1 amide bonds. The molecule has 0 atom stereocenters. The van der Waals surface area contributed by atoms with Gasteiger partial charge in [0.25, 0.3) is 5.91 Å². The number of nitrogens with one attached hydrogen (secondary N) is 1. The molecule has 0 radical (unpaired) electrons. The van der Waals surface area contributed by atoms with Crippen LogP contribution in [0.5, 0.6) is 0 Å². The first-order chi connectivity index (χ1) is 11.5. The minimum Gasteiger partial charge on any atom is -0.395 e. The number of hydrazine groups is 1. The van der Waals surface area contributed by atoms with E-state index >= 15 is 0 Å². The van der Waals surface area contributed by atoms with Gasteiger partial charge in [-0.2, -0.15) is 4.98 Å². The lowest BCUT2D eigenvalue weighted by molar-refractivity contribution is 0.0953. The van der Waals surface area contributed by atoms with E-state index in [2.05, 4.69) is 15.0 Å². The average molecular weight is 350 g/mol. The van der Waals surface area contributed by atoms with Crippen molar-refractivity contribution in [1.82, 2.24) is 29.5 Å². The van der Waals surface area contributed by atoms with Gasteiger partial charge in [0, 0.05) is 12.4 Å². The van der Waals surface area contributed by atoms with Crippen molar-refractivity contribution in [3.05, 3.63) is 20.9 Å². The second-order valence-electron chi connectivity index (χ2n) is 4.83. The number of nitrogen functional groups attached to an aromatic ring is 2. The number of fused-ring (bicyclic) bond motifs is 1. The van der Waals surface area contributed by atoms with Crippen molar-refractivity contribution in [2.75, 3.05) is 12.3 Å². The Morgan fingerprint density at radius 1 is 1.42 bits per heavy atom. The number of amides is 1. The number of hydrogen-bond donors (Lipinski definition) is 4. The van der Waals surface area contributed by atoms with Crippen molar-refractivity contribution in [2.45, 2.75) is 6.54 Å². The zero-order valence-corrected chi connectivity index (χ0v) is 13.4. The summed E-state index contributed by atoms with van der Waals surface area (Å²) in [6.45, 7) is -0.153. The number of anilines is 1. The number of rotatable bonds is 4. The third kappa shape index (κ3) is 2.42. The molecule has 0 aliphatic carbocycles. The number of hydrogen-bond acceptors (Lipinski definition) is 9. The summed E-state index contributed by atoms with van der Waals surface area (Å²) in [7, 11) is 1.56. The first-order valence-corrected chi connectivity index (χ1v) is 7.66. The van der Waals surface area contributed by atoms with Gasteiger partial charge in [-0.25, -0.2) is 20.6 Å². The second-order valence-corrected chi connectivity index (χ2v) is 5.69. The molecule has 0 saturated carbocycles. The fourth-order valence-electron chi connectivity index (χ4n) is 2.35. The van der Waals surface area contributed by atoms with Crippen LogP contribution in [0.15, 0.2) is 10.2 Å². The molecule has 11 nitrogen and oxygen atoms in total. The molecule has 24 heavy (non-hydrogen) atoms. The van der Waals surface area contributed by atoms with Crippen molar-refractivity contribution in [3.63, 3.8) is 0 Å². The molecule has 0 aliphatic rings. The molecule has 0 unspecified atom stereocenters. The zero-order valence-electron chi connectivity index (χ0n) is 12.6. The maximum atomic E-state index is 12.3. The van der Waals surface area contributed by atoms with Gasteiger partial charge in [0.15, 0.2) is 10.7 Å². The normalized spacial score (nSPS) is 11.1. The third-order valence-corrected chi connectivity index (χ3v) is 4.23. The van der Waals surface area contributed by atoms with E-state index in [1.165, 1.54) is 9.13 Å². The van der Waals surface area contributed by atoms with Crippen LogP contribution in [-0.2, 0) is 13.6 Å². The minimum atomic E-state index is -0.531. The van der Waals surface area contributed by atoms with Crippen molar-refractivity contribution in [1.29, 1.82) is 0 Å². The summed E-state index contributed by atoms with van der Waals surface area (Å²) in [6, 6.07) is 0. The van der Waals surface area contributed by atoms with Crippen molar-refractivity contribution >= 4 is 34.4 Å². The van der Waals surface area contributed by atoms with Gasteiger partial charge >= 0.3 is 5.69 Å². The fraction of sp³-hybridized carbons (Fsp3) is 0.250. The molecule has 3 rings (SSSR count). The Labute approximate surface area is 138 Å². The number of thiazole rings is 1. The molecule has 3 heterocycles. The summed E-state index contributed by atoms with van der Waals surface area (Å²) in [5, 5.41) is 10.9. The van der Waals surface area contributed by atoms with Crippen LogP contribution in [0.4, 0.5) is 5.95 Å².